The number of rotatable bonds is 9. The lowest BCUT2D eigenvalue weighted by atomic mass is 10.1. The van der Waals surface area contributed by atoms with E-state index in [9.17, 15) is 0 Å². The molecule has 0 aliphatic heterocycles. The van der Waals surface area contributed by atoms with E-state index in [2.05, 4.69) is 6.92 Å². The molecule has 0 saturated heterocycles. The van der Waals surface area contributed by atoms with E-state index in [-0.39, 0.29) is 11.9 Å². The zero-order valence-electron chi connectivity index (χ0n) is 9.51. The standard InChI is InChI=1S/C11H24N2O/c1-3-4-5-6-7-8-9-14-10(2)11(12)13/h10H,3-9H2,1-2H3,(H3,12,13). The van der Waals surface area contributed by atoms with Gasteiger partial charge in [0.25, 0.3) is 0 Å². The minimum Gasteiger partial charge on any atom is -0.385 e. The number of nitrogens with one attached hydrogen (secondary N) is 1. The summed E-state index contributed by atoms with van der Waals surface area (Å²) < 4.78 is 5.36. The third-order valence-electron chi connectivity index (χ3n) is 2.30. The second-order valence-corrected chi connectivity index (χ2v) is 3.74. The molecule has 3 N–H and O–H groups in total. The molecule has 0 fully saturated rings. The summed E-state index contributed by atoms with van der Waals surface area (Å²) >= 11 is 0. The van der Waals surface area contributed by atoms with Gasteiger partial charge in [0.05, 0.1) is 0 Å². The van der Waals surface area contributed by atoms with Crippen LogP contribution < -0.4 is 5.73 Å². The molecule has 84 valence electrons. The molecule has 0 radical (unpaired) electrons. The third-order valence-corrected chi connectivity index (χ3v) is 2.30. The molecular weight excluding hydrogens is 176 g/mol. The van der Waals surface area contributed by atoms with Crippen LogP contribution in [0.1, 0.15) is 52.4 Å². The second kappa shape index (κ2) is 9.00. The van der Waals surface area contributed by atoms with Crippen LogP contribution in [0, 0.1) is 5.41 Å². The molecular formula is C11H24N2O. The summed E-state index contributed by atoms with van der Waals surface area (Å²) in [6.45, 7) is 4.77. The van der Waals surface area contributed by atoms with E-state index in [0.717, 1.165) is 13.0 Å². The Kier molecular flexibility index (Phi) is 8.64. The Balaban J connectivity index is 3.09. The molecule has 0 heterocycles. The molecule has 1 atom stereocenters. The second-order valence-electron chi connectivity index (χ2n) is 3.74. The van der Waals surface area contributed by atoms with Gasteiger partial charge in [-0.15, -0.1) is 0 Å². The van der Waals surface area contributed by atoms with Crippen LogP contribution in [0.5, 0.6) is 0 Å². The summed E-state index contributed by atoms with van der Waals surface area (Å²) in [5, 5.41) is 7.12. The molecule has 3 nitrogen and oxygen atoms in total. The molecule has 1 unspecified atom stereocenters. The first-order valence-electron chi connectivity index (χ1n) is 5.64. The van der Waals surface area contributed by atoms with Crippen LogP contribution in [0.15, 0.2) is 0 Å². The average Bonchev–Trinajstić information content (AvgIpc) is 2.16. The largest absolute Gasteiger partial charge is 0.385 e. The maximum Gasteiger partial charge on any atom is 0.120 e. The smallest absolute Gasteiger partial charge is 0.120 e. The van der Waals surface area contributed by atoms with E-state index in [1.54, 1.807) is 0 Å². The highest BCUT2D eigenvalue weighted by Crippen LogP contribution is 2.05. The molecule has 0 aliphatic carbocycles. The van der Waals surface area contributed by atoms with Crippen molar-refractivity contribution in [1.29, 1.82) is 5.41 Å². The Bertz CT molecular complexity index is 148. The summed E-state index contributed by atoms with van der Waals surface area (Å²) in [4.78, 5) is 0. The first kappa shape index (κ1) is 13.4. The van der Waals surface area contributed by atoms with Crippen LogP contribution in [-0.4, -0.2) is 18.5 Å². The zero-order valence-corrected chi connectivity index (χ0v) is 9.51. The summed E-state index contributed by atoms with van der Waals surface area (Å²) in [5.74, 6) is 0.121. The van der Waals surface area contributed by atoms with E-state index >= 15 is 0 Å². The van der Waals surface area contributed by atoms with Crippen molar-refractivity contribution in [3.05, 3.63) is 0 Å². The molecule has 3 heteroatoms. The quantitative estimate of drug-likeness (QED) is 0.341. The van der Waals surface area contributed by atoms with Crippen LogP contribution in [-0.2, 0) is 4.74 Å². The highest BCUT2D eigenvalue weighted by atomic mass is 16.5. The van der Waals surface area contributed by atoms with Crippen molar-refractivity contribution >= 4 is 5.84 Å². The van der Waals surface area contributed by atoms with Crippen molar-refractivity contribution in [2.45, 2.75) is 58.5 Å². The van der Waals surface area contributed by atoms with Gasteiger partial charge < -0.3 is 10.5 Å². The number of amidine groups is 1. The third kappa shape index (κ3) is 8.05. The van der Waals surface area contributed by atoms with Gasteiger partial charge >= 0.3 is 0 Å². The molecule has 0 aromatic rings. The van der Waals surface area contributed by atoms with Gasteiger partial charge in [-0.1, -0.05) is 39.0 Å². The number of unbranched alkanes of at least 4 members (excludes halogenated alkanes) is 5. The maximum atomic E-state index is 7.12. The van der Waals surface area contributed by atoms with Crippen LogP contribution in [0.25, 0.3) is 0 Å². The van der Waals surface area contributed by atoms with Crippen molar-refractivity contribution in [3.63, 3.8) is 0 Å². The number of hydrogen-bond donors (Lipinski definition) is 2. The predicted molar refractivity (Wildman–Crippen MR) is 60.7 cm³/mol. The van der Waals surface area contributed by atoms with E-state index in [1.807, 2.05) is 6.92 Å². The lowest BCUT2D eigenvalue weighted by Gasteiger charge is -2.10. The molecule has 0 aromatic carbocycles. The molecule has 0 spiro atoms. The first-order chi connectivity index (χ1) is 6.68. The van der Waals surface area contributed by atoms with Crippen molar-refractivity contribution in [2.24, 2.45) is 5.73 Å². The van der Waals surface area contributed by atoms with Gasteiger partial charge in [-0.3, -0.25) is 5.41 Å². The monoisotopic (exact) mass is 200 g/mol. The Hall–Kier alpha value is -0.570. The van der Waals surface area contributed by atoms with Gasteiger partial charge in [0, 0.05) is 6.61 Å². The number of hydrogen-bond acceptors (Lipinski definition) is 2. The van der Waals surface area contributed by atoms with Gasteiger partial charge in [0.15, 0.2) is 0 Å². The van der Waals surface area contributed by atoms with Gasteiger partial charge in [-0.2, -0.15) is 0 Å². The molecule has 0 rings (SSSR count). The highest BCUT2D eigenvalue weighted by molar-refractivity contribution is 5.81. The highest BCUT2D eigenvalue weighted by Gasteiger charge is 2.03. The SMILES string of the molecule is CCCCCCCCOC(C)C(=N)N. The molecule has 0 aromatic heterocycles. The Morgan fingerprint density at radius 3 is 2.36 bits per heavy atom. The fourth-order valence-electron chi connectivity index (χ4n) is 1.23. The molecule has 0 amide bonds. The van der Waals surface area contributed by atoms with E-state index in [4.69, 9.17) is 15.9 Å². The summed E-state index contributed by atoms with van der Waals surface area (Å²) in [6, 6.07) is 0. The van der Waals surface area contributed by atoms with Gasteiger partial charge in [-0.25, -0.2) is 0 Å². The minimum atomic E-state index is -0.217. The summed E-state index contributed by atoms with van der Waals surface area (Å²) in [5.41, 5.74) is 5.27. The summed E-state index contributed by atoms with van der Waals surface area (Å²) in [7, 11) is 0. The maximum absolute atomic E-state index is 7.12. The molecule has 0 saturated carbocycles. The van der Waals surface area contributed by atoms with Gasteiger partial charge in [0.1, 0.15) is 11.9 Å². The fraction of sp³-hybridized carbons (Fsp3) is 0.909. The normalized spacial score (nSPS) is 12.7. The average molecular weight is 200 g/mol. The van der Waals surface area contributed by atoms with E-state index in [0.29, 0.717) is 0 Å². The molecule has 0 bridgehead atoms. The number of ether oxygens (including phenoxy) is 1. The fourth-order valence-corrected chi connectivity index (χ4v) is 1.23. The van der Waals surface area contributed by atoms with Crippen molar-refractivity contribution in [1.82, 2.24) is 0 Å². The lowest BCUT2D eigenvalue weighted by molar-refractivity contribution is 0.104. The topological polar surface area (TPSA) is 59.1 Å². The zero-order chi connectivity index (χ0) is 10.8. The number of nitrogens with two attached hydrogens (primary N) is 1. The lowest BCUT2D eigenvalue weighted by Crippen LogP contribution is -2.27. The van der Waals surface area contributed by atoms with Crippen LogP contribution in [0.3, 0.4) is 0 Å². The van der Waals surface area contributed by atoms with Crippen LogP contribution in [0.4, 0.5) is 0 Å². The van der Waals surface area contributed by atoms with Crippen molar-refractivity contribution in [3.8, 4) is 0 Å². The van der Waals surface area contributed by atoms with Crippen molar-refractivity contribution in [2.75, 3.05) is 6.61 Å². The van der Waals surface area contributed by atoms with E-state index in [1.165, 1.54) is 32.1 Å². The van der Waals surface area contributed by atoms with Gasteiger partial charge in [-0.05, 0) is 13.3 Å². The van der Waals surface area contributed by atoms with Gasteiger partial charge in [0.2, 0.25) is 0 Å². The predicted octanol–water partition coefficient (Wildman–Crippen LogP) is 2.69. The van der Waals surface area contributed by atoms with Crippen LogP contribution >= 0.6 is 0 Å². The molecule has 0 aliphatic rings. The summed E-state index contributed by atoms with van der Waals surface area (Å²) in [6.07, 6.45) is 7.35. The van der Waals surface area contributed by atoms with E-state index < -0.39 is 0 Å². The van der Waals surface area contributed by atoms with Crippen molar-refractivity contribution < 1.29 is 4.74 Å². The molecule has 14 heavy (non-hydrogen) atoms. The minimum absolute atomic E-state index is 0.121. The Morgan fingerprint density at radius 1 is 1.21 bits per heavy atom. The Morgan fingerprint density at radius 2 is 1.79 bits per heavy atom. The van der Waals surface area contributed by atoms with Crippen LogP contribution in [0.2, 0.25) is 0 Å². The first-order valence-corrected chi connectivity index (χ1v) is 5.64. The Labute approximate surface area is 87.5 Å².